The molecule has 0 atom stereocenters. The van der Waals surface area contributed by atoms with Crippen molar-refractivity contribution in [2.24, 2.45) is 0 Å². The Balaban J connectivity index is -0.0000000109. The highest BCUT2D eigenvalue weighted by Gasteiger charge is 1.64. The number of nitrogens with one attached hydrogen (secondary N) is 10. The van der Waals surface area contributed by atoms with E-state index in [9.17, 15) is 0 Å². The molecule has 0 fully saturated rings. The quantitative estimate of drug-likeness (QED) is 0.115. The molecule has 0 rings (SSSR count). The van der Waals surface area contributed by atoms with Crippen LogP contribution >= 0.6 is 0 Å². The molecule has 340 valence electrons. The minimum Gasteiger partial charge on any atom is -1.00 e. The Hall–Kier alpha value is 2.50. The predicted molar refractivity (Wildman–Crippen MR) is 187 cm³/mol. The van der Waals surface area contributed by atoms with Crippen LogP contribution in [0.1, 0.15) is 0 Å². The van der Waals surface area contributed by atoms with E-state index in [1.807, 2.05) is 0 Å². The van der Waals surface area contributed by atoms with Gasteiger partial charge in [0.25, 0.3) is 0 Å². The molecule has 0 heterocycles. The maximum Gasteiger partial charge on any atom is 0.0661 e. The van der Waals surface area contributed by atoms with Crippen LogP contribution in [0.2, 0.25) is 0 Å². The Bertz CT molecular complexity index is 216. The van der Waals surface area contributed by atoms with Gasteiger partial charge in [-0.15, -0.1) is 0 Å². The van der Waals surface area contributed by atoms with E-state index in [1.54, 1.807) is 0 Å². The Morgan fingerprint density at radius 1 is 0.100 bits per heavy atom. The maximum atomic E-state index is 2.08. The standard InChI is InChI=1S/10C3H9N.10ClH/c10*1-4(2)3;;;;;;;;;;/h10*1-3H3;10*1H. The highest BCUT2D eigenvalue weighted by Crippen LogP contribution is 0.901. The lowest BCUT2D eigenvalue weighted by Gasteiger charge is -1.88. The zero-order chi connectivity index (χ0) is 35.8. The molecular weight excluding hydrogens is 855 g/mol. The Morgan fingerprint density at radius 2 is 0.100 bits per heavy atom. The molecule has 10 N–H and O–H groups in total. The molecule has 0 saturated carbocycles. The lowest BCUT2D eigenvalue weighted by atomic mass is 11.0. The third kappa shape index (κ3) is 19800. The van der Waals surface area contributed by atoms with Gasteiger partial charge in [-0.1, -0.05) is 0 Å². The van der Waals surface area contributed by atoms with Crippen LogP contribution in [-0.2, 0) is 0 Å². The van der Waals surface area contributed by atoms with Crippen LogP contribution in [0.5, 0.6) is 0 Å². The molecule has 50 heavy (non-hydrogen) atoms. The molecule has 0 aliphatic rings. The maximum absolute atomic E-state index is 2.08. The molecule has 0 amide bonds. The first-order chi connectivity index (χ1) is 17.3. The number of hydrogen-bond acceptors (Lipinski definition) is 0. The van der Waals surface area contributed by atoms with Gasteiger partial charge in [-0.05, 0) is 0 Å². The highest BCUT2D eigenvalue weighted by molar-refractivity contribution is 3.63. The summed E-state index contributed by atoms with van der Waals surface area (Å²) in [4.78, 5) is 14.2. The van der Waals surface area contributed by atoms with Crippen molar-refractivity contribution in [3.63, 3.8) is 0 Å². The summed E-state index contributed by atoms with van der Waals surface area (Å²) in [6, 6.07) is 0. The normalized spacial score (nSPS) is 7.20. The lowest BCUT2D eigenvalue weighted by molar-refractivity contribution is -0.836. The summed E-state index contributed by atoms with van der Waals surface area (Å²) in [5.74, 6) is 0. The molecule has 0 aromatic carbocycles. The van der Waals surface area contributed by atoms with Gasteiger partial charge in [-0.3, -0.25) is 0 Å². The molecule has 0 saturated heterocycles. The van der Waals surface area contributed by atoms with Crippen molar-refractivity contribution in [1.82, 2.24) is 0 Å². The lowest BCUT2D eigenvalue weighted by Crippen LogP contribution is -3.02. The fourth-order valence-electron chi connectivity index (χ4n) is 0. The average Bonchev–Trinajstić information content (AvgIpc) is 2.47. The van der Waals surface area contributed by atoms with Gasteiger partial charge in [-0.25, -0.2) is 0 Å². The fraction of sp³-hybridized carbons (Fsp3) is 1.00. The van der Waals surface area contributed by atoms with Crippen molar-refractivity contribution < 1.29 is 173 Å². The third-order valence-electron chi connectivity index (χ3n) is 0. The molecule has 0 aromatic heterocycles. The van der Waals surface area contributed by atoms with Crippen molar-refractivity contribution in [1.29, 1.82) is 0 Å². The summed E-state index contributed by atoms with van der Waals surface area (Å²) in [6.07, 6.45) is 0. The van der Waals surface area contributed by atoms with Crippen molar-refractivity contribution in [3.05, 3.63) is 0 Å². The number of rotatable bonds is 0. The van der Waals surface area contributed by atoms with Crippen molar-refractivity contribution in [2.75, 3.05) is 211 Å². The molecule has 0 bridgehead atoms. The summed E-state index contributed by atoms with van der Waals surface area (Å²) >= 11 is 0. The largest absolute Gasteiger partial charge is 1.00 e. The molecule has 0 radical (unpaired) electrons. The SMILES string of the molecule is C[NH+](C)C.C[NH+](C)C.C[NH+](C)C.C[NH+](C)C.C[NH+](C)C.C[NH+](C)C.C[NH+](C)C.C[NH+](C)C.C[NH+](C)C.C[NH+](C)C.[Cl-].[Cl-].[Cl-].[Cl-].[Cl-].[Cl-].[Cl-].[Cl-].[Cl-].[Cl-]. The summed E-state index contributed by atoms with van der Waals surface area (Å²) in [7, 11) is 62.5. The van der Waals surface area contributed by atoms with Crippen molar-refractivity contribution in [2.45, 2.75) is 0 Å². The smallest absolute Gasteiger partial charge is 0.0661 e. The van der Waals surface area contributed by atoms with Crippen LogP contribution in [0.3, 0.4) is 0 Å². The van der Waals surface area contributed by atoms with E-state index < -0.39 is 0 Å². The summed E-state index contributed by atoms with van der Waals surface area (Å²) in [6.45, 7) is 0. The highest BCUT2D eigenvalue weighted by atomic mass is 35.5. The van der Waals surface area contributed by atoms with Crippen molar-refractivity contribution >= 4 is 0 Å². The second kappa shape index (κ2) is 124. The van der Waals surface area contributed by atoms with E-state index >= 15 is 0 Å². The molecule has 0 aliphatic carbocycles. The van der Waals surface area contributed by atoms with Gasteiger partial charge in [0.05, 0.1) is 211 Å². The van der Waals surface area contributed by atoms with Crippen LogP contribution in [0.25, 0.3) is 0 Å². The number of halogens is 10. The summed E-state index contributed by atoms with van der Waals surface area (Å²) < 4.78 is 0. The summed E-state index contributed by atoms with van der Waals surface area (Å²) in [5, 5.41) is 0. The van der Waals surface area contributed by atoms with E-state index in [2.05, 4.69) is 211 Å². The first-order valence-corrected chi connectivity index (χ1v) is 15.0. The topological polar surface area (TPSA) is 44.4 Å². The molecule has 20 heteroatoms. The molecule has 0 aliphatic heterocycles. The van der Waals surface area contributed by atoms with Gasteiger partial charge < -0.3 is 173 Å². The van der Waals surface area contributed by atoms with Crippen LogP contribution in [0.15, 0.2) is 0 Å². The second-order valence-electron chi connectivity index (χ2n) is 15.0. The van der Waals surface area contributed by atoms with Gasteiger partial charge in [0, 0.05) is 0 Å². The van der Waals surface area contributed by atoms with Crippen LogP contribution in [0.4, 0.5) is 0 Å². The van der Waals surface area contributed by atoms with E-state index in [0.717, 1.165) is 0 Å². The second-order valence-corrected chi connectivity index (χ2v) is 15.0. The predicted octanol–water partition coefficient (Wildman–Crippen LogP) is -42.4. The van der Waals surface area contributed by atoms with Crippen LogP contribution < -0.4 is 173 Å². The van der Waals surface area contributed by atoms with E-state index in [1.165, 1.54) is 49.0 Å². The first kappa shape index (κ1) is 132. The molecule has 0 aromatic rings. The monoisotopic (exact) mass is 951 g/mol. The zero-order valence-electron chi connectivity index (χ0n) is 38.8. The van der Waals surface area contributed by atoms with E-state index in [4.69, 9.17) is 0 Å². The summed E-state index contributed by atoms with van der Waals surface area (Å²) in [5.41, 5.74) is 0. The first-order valence-electron chi connectivity index (χ1n) is 15.0. The van der Waals surface area contributed by atoms with Gasteiger partial charge in [0.15, 0.2) is 0 Å². The molecule has 0 spiro atoms. The van der Waals surface area contributed by atoms with E-state index in [-0.39, 0.29) is 124 Å². The van der Waals surface area contributed by atoms with E-state index in [0.29, 0.717) is 0 Å². The number of hydrogen-bond donors (Lipinski definition) is 10. The third-order valence-corrected chi connectivity index (χ3v) is 0. The number of quaternary nitrogens is 10. The minimum absolute atomic E-state index is 0. The van der Waals surface area contributed by atoms with Gasteiger partial charge >= 0.3 is 0 Å². The Labute approximate surface area is 382 Å². The van der Waals surface area contributed by atoms with Crippen molar-refractivity contribution in [3.8, 4) is 0 Å². The average molecular weight is 956 g/mol. The minimum atomic E-state index is 0. The molecule has 0 unspecified atom stereocenters. The Kier molecular flexibility index (Phi) is 328. The van der Waals surface area contributed by atoms with Gasteiger partial charge in [0.1, 0.15) is 0 Å². The molecular formula is C30H100Cl10N10. The zero-order valence-corrected chi connectivity index (χ0v) is 46.3. The fourth-order valence-corrected chi connectivity index (χ4v) is 0. The van der Waals surface area contributed by atoms with Crippen LogP contribution in [-0.4, -0.2) is 211 Å². The molecule has 10 nitrogen and oxygen atoms in total. The van der Waals surface area contributed by atoms with Crippen LogP contribution in [0, 0.1) is 0 Å². The van der Waals surface area contributed by atoms with Gasteiger partial charge in [-0.2, -0.15) is 0 Å². The van der Waals surface area contributed by atoms with Gasteiger partial charge in [0.2, 0.25) is 0 Å². The Morgan fingerprint density at radius 3 is 0.100 bits per heavy atom.